The molecule has 4 aromatic rings. The fourth-order valence-electron chi connectivity index (χ4n) is 4.01. The van der Waals surface area contributed by atoms with Crippen LogP contribution in [0.25, 0.3) is 16.6 Å². The molecule has 0 saturated heterocycles. The Labute approximate surface area is 212 Å². The molecular weight excluding hydrogens is 514 g/mol. The number of hydrogen-bond acceptors (Lipinski definition) is 3. The molecule has 0 radical (unpaired) electrons. The van der Waals surface area contributed by atoms with E-state index in [0.29, 0.717) is 39.5 Å². The molecule has 34 heavy (non-hydrogen) atoms. The monoisotopic (exact) mass is 537 g/mol. The summed E-state index contributed by atoms with van der Waals surface area (Å²) in [6, 6.07) is 21.3. The van der Waals surface area contributed by atoms with Crippen LogP contribution in [0.3, 0.4) is 0 Å². The van der Waals surface area contributed by atoms with Gasteiger partial charge in [-0.15, -0.1) is 0 Å². The Kier molecular flexibility index (Phi) is 7.19. The molecular formula is C27H25BrClN3O2. The smallest absolute Gasteiger partial charge is 0.266 e. The Morgan fingerprint density at radius 3 is 2.32 bits per heavy atom. The van der Waals surface area contributed by atoms with Crippen molar-refractivity contribution in [3.8, 4) is 5.69 Å². The van der Waals surface area contributed by atoms with Crippen molar-refractivity contribution in [2.24, 2.45) is 5.92 Å². The maximum atomic E-state index is 13.7. The van der Waals surface area contributed by atoms with E-state index < -0.39 is 6.04 Å². The van der Waals surface area contributed by atoms with E-state index >= 15 is 0 Å². The van der Waals surface area contributed by atoms with Gasteiger partial charge >= 0.3 is 0 Å². The van der Waals surface area contributed by atoms with E-state index in [1.807, 2.05) is 49.4 Å². The van der Waals surface area contributed by atoms with E-state index in [1.165, 1.54) is 0 Å². The van der Waals surface area contributed by atoms with Gasteiger partial charge in [0.05, 0.1) is 33.2 Å². The van der Waals surface area contributed by atoms with Crippen molar-refractivity contribution in [1.29, 1.82) is 0 Å². The van der Waals surface area contributed by atoms with Crippen molar-refractivity contribution in [1.82, 2.24) is 14.5 Å². The average molecular weight is 539 g/mol. The van der Waals surface area contributed by atoms with Gasteiger partial charge in [0.1, 0.15) is 5.82 Å². The number of para-hydroxylation sites is 1. The summed E-state index contributed by atoms with van der Waals surface area (Å²) in [7, 11) is 0. The van der Waals surface area contributed by atoms with E-state index in [1.54, 1.807) is 39.8 Å². The number of hydrogen-bond donors (Lipinski definition) is 0. The van der Waals surface area contributed by atoms with Crippen molar-refractivity contribution in [3.63, 3.8) is 0 Å². The highest BCUT2D eigenvalue weighted by Gasteiger charge is 2.29. The predicted molar refractivity (Wildman–Crippen MR) is 141 cm³/mol. The minimum Gasteiger partial charge on any atom is -0.328 e. The quantitative estimate of drug-likeness (QED) is 0.276. The highest BCUT2D eigenvalue weighted by Crippen LogP contribution is 2.27. The van der Waals surface area contributed by atoms with Crippen molar-refractivity contribution < 1.29 is 4.79 Å². The second kappa shape index (κ2) is 10.1. The number of benzene rings is 3. The molecule has 1 aromatic heterocycles. The largest absolute Gasteiger partial charge is 0.328 e. The zero-order valence-corrected chi connectivity index (χ0v) is 21.5. The molecule has 5 nitrogen and oxygen atoms in total. The van der Waals surface area contributed by atoms with Crippen LogP contribution in [0.4, 0.5) is 0 Å². The summed E-state index contributed by atoms with van der Waals surface area (Å²) in [5, 5.41) is 0.916. The molecule has 1 atom stereocenters. The van der Waals surface area contributed by atoms with E-state index in [0.717, 1.165) is 4.47 Å². The maximum Gasteiger partial charge on any atom is 0.266 e. The summed E-state index contributed by atoms with van der Waals surface area (Å²) in [5.41, 5.74) is 1.53. The molecule has 1 heterocycles. The minimum absolute atomic E-state index is 0.176. The Balaban J connectivity index is 1.93. The van der Waals surface area contributed by atoms with E-state index in [9.17, 15) is 9.59 Å². The van der Waals surface area contributed by atoms with Crippen LogP contribution in [-0.4, -0.2) is 26.9 Å². The number of rotatable bonds is 6. The molecule has 7 heteroatoms. The lowest BCUT2D eigenvalue weighted by Crippen LogP contribution is -2.39. The van der Waals surface area contributed by atoms with Gasteiger partial charge in [0.15, 0.2) is 0 Å². The van der Waals surface area contributed by atoms with Crippen LogP contribution in [0.2, 0.25) is 5.02 Å². The van der Waals surface area contributed by atoms with Crippen molar-refractivity contribution in [2.45, 2.75) is 26.8 Å². The third-order valence-corrected chi connectivity index (χ3v) is 6.51. The third-order valence-electron chi connectivity index (χ3n) is 5.65. The van der Waals surface area contributed by atoms with Crippen LogP contribution in [0, 0.1) is 5.92 Å². The fraction of sp³-hybridized carbons (Fsp3) is 0.222. The normalized spacial score (nSPS) is 12.2. The van der Waals surface area contributed by atoms with Gasteiger partial charge in [-0.05, 0) is 61.4 Å². The van der Waals surface area contributed by atoms with Crippen LogP contribution in [0.15, 0.2) is 82.1 Å². The summed E-state index contributed by atoms with van der Waals surface area (Å²) < 4.78 is 2.51. The van der Waals surface area contributed by atoms with Crippen LogP contribution in [-0.2, 0) is 0 Å². The molecule has 0 spiro atoms. The minimum atomic E-state index is -0.493. The van der Waals surface area contributed by atoms with Crippen LogP contribution in [0.1, 0.15) is 43.0 Å². The lowest BCUT2D eigenvalue weighted by atomic mass is 10.1. The van der Waals surface area contributed by atoms with Gasteiger partial charge in [0.25, 0.3) is 11.5 Å². The number of amides is 1. The lowest BCUT2D eigenvalue weighted by Gasteiger charge is -2.32. The van der Waals surface area contributed by atoms with Crippen LogP contribution in [0.5, 0.6) is 0 Å². The van der Waals surface area contributed by atoms with Gasteiger partial charge in [-0.1, -0.05) is 65.6 Å². The highest BCUT2D eigenvalue weighted by atomic mass is 79.9. The van der Waals surface area contributed by atoms with Gasteiger partial charge < -0.3 is 4.90 Å². The number of halogens is 2. The summed E-state index contributed by atoms with van der Waals surface area (Å²) in [4.78, 5) is 34.0. The fourth-order valence-corrected chi connectivity index (χ4v) is 4.49. The Bertz CT molecular complexity index is 1400. The van der Waals surface area contributed by atoms with Crippen molar-refractivity contribution in [3.05, 3.63) is 104 Å². The first-order chi connectivity index (χ1) is 16.3. The Hall–Kier alpha value is -2.96. The molecule has 0 aliphatic rings. The summed E-state index contributed by atoms with van der Waals surface area (Å²) in [5.74, 6) is 0.492. The first-order valence-corrected chi connectivity index (χ1v) is 12.3. The van der Waals surface area contributed by atoms with Crippen LogP contribution < -0.4 is 5.56 Å². The molecule has 3 aromatic carbocycles. The first-order valence-electron chi connectivity index (χ1n) is 11.1. The number of fused-ring (bicyclic) bond motifs is 1. The molecule has 1 amide bonds. The number of carbonyl (C=O) groups is 1. The lowest BCUT2D eigenvalue weighted by molar-refractivity contribution is 0.0655. The molecule has 0 N–H and O–H groups in total. The zero-order chi connectivity index (χ0) is 24.4. The Morgan fingerprint density at radius 2 is 1.65 bits per heavy atom. The van der Waals surface area contributed by atoms with Crippen molar-refractivity contribution >= 4 is 44.3 Å². The molecule has 0 fully saturated rings. The summed E-state index contributed by atoms with van der Waals surface area (Å²) in [6.45, 7) is 6.49. The van der Waals surface area contributed by atoms with E-state index in [-0.39, 0.29) is 17.4 Å². The molecule has 0 aliphatic heterocycles. The summed E-state index contributed by atoms with van der Waals surface area (Å²) in [6.07, 6.45) is 0. The van der Waals surface area contributed by atoms with Gasteiger partial charge in [0, 0.05) is 11.0 Å². The number of carbonyl (C=O) groups excluding carboxylic acids is 1. The topological polar surface area (TPSA) is 55.2 Å². The third kappa shape index (κ3) is 4.79. The standard InChI is InChI=1S/C27H25BrClN3O2/c1-17(2)16-31(26(33)21-8-4-6-10-23(21)29)18(3)25-30-24-11-7-5-9-22(24)27(34)32(25)20-14-12-19(28)13-15-20/h4-15,17-18H,16H2,1-3H3. The van der Waals surface area contributed by atoms with Gasteiger partial charge in [-0.2, -0.15) is 0 Å². The maximum absolute atomic E-state index is 13.7. The van der Waals surface area contributed by atoms with Gasteiger partial charge in [-0.3, -0.25) is 14.2 Å². The predicted octanol–water partition coefficient (Wildman–Crippen LogP) is 6.66. The molecule has 0 aliphatic carbocycles. The molecule has 0 saturated carbocycles. The second-order valence-electron chi connectivity index (χ2n) is 8.61. The molecule has 4 rings (SSSR count). The zero-order valence-electron chi connectivity index (χ0n) is 19.2. The number of aromatic nitrogens is 2. The second-order valence-corrected chi connectivity index (χ2v) is 9.93. The summed E-state index contributed by atoms with van der Waals surface area (Å²) >= 11 is 9.83. The average Bonchev–Trinajstić information content (AvgIpc) is 2.82. The first kappa shape index (κ1) is 24.2. The van der Waals surface area contributed by atoms with Crippen molar-refractivity contribution in [2.75, 3.05) is 6.54 Å². The van der Waals surface area contributed by atoms with E-state index in [4.69, 9.17) is 16.6 Å². The van der Waals surface area contributed by atoms with Gasteiger partial charge in [0.2, 0.25) is 0 Å². The molecule has 0 bridgehead atoms. The van der Waals surface area contributed by atoms with Gasteiger partial charge in [-0.25, -0.2) is 4.98 Å². The van der Waals surface area contributed by atoms with Crippen LogP contribution >= 0.6 is 27.5 Å². The SMILES string of the molecule is CC(C)CN(C(=O)c1ccccc1Cl)C(C)c1nc2ccccc2c(=O)n1-c1ccc(Br)cc1. The van der Waals surface area contributed by atoms with E-state index in [2.05, 4.69) is 29.8 Å². The number of nitrogens with zero attached hydrogens (tertiary/aromatic N) is 3. The molecule has 174 valence electrons. The Morgan fingerprint density at radius 1 is 1.00 bits per heavy atom. The molecule has 1 unspecified atom stereocenters. The highest BCUT2D eigenvalue weighted by molar-refractivity contribution is 9.10.